The van der Waals surface area contributed by atoms with Crippen LogP contribution < -0.4 is 0 Å². The number of phenols is 2. The van der Waals surface area contributed by atoms with Gasteiger partial charge in [0.1, 0.15) is 11.5 Å². The van der Waals surface area contributed by atoms with Crippen LogP contribution in [0, 0.1) is 0 Å². The summed E-state index contributed by atoms with van der Waals surface area (Å²) in [7, 11) is 0. The van der Waals surface area contributed by atoms with Gasteiger partial charge in [-0.1, -0.05) is 31.2 Å². The average molecular weight is 322 g/mol. The Morgan fingerprint density at radius 3 is 1.52 bits per heavy atom. The van der Waals surface area contributed by atoms with E-state index in [-0.39, 0.29) is 17.1 Å². The van der Waals surface area contributed by atoms with Crippen molar-refractivity contribution in [3.05, 3.63) is 59.7 Å². The third-order valence-corrected chi connectivity index (χ3v) is 3.53. The van der Waals surface area contributed by atoms with Gasteiger partial charge in [-0.25, -0.2) is 0 Å². The number of hydrogen-bond donors (Lipinski definition) is 2. The van der Waals surface area contributed by atoms with Crippen LogP contribution >= 0.6 is 0 Å². The van der Waals surface area contributed by atoms with Crippen molar-refractivity contribution in [3.63, 3.8) is 0 Å². The fraction of sp³-hybridized carbons (Fsp3) is 0.222. The van der Waals surface area contributed by atoms with Gasteiger partial charge in [0, 0.05) is 0 Å². The van der Waals surface area contributed by atoms with Gasteiger partial charge in [-0.2, -0.15) is 13.2 Å². The van der Waals surface area contributed by atoms with E-state index < -0.39 is 12.6 Å². The van der Waals surface area contributed by atoms with Crippen LogP contribution in [-0.4, -0.2) is 16.4 Å². The molecular formula is C18H17F3O2. The monoisotopic (exact) mass is 322 g/mol. The van der Waals surface area contributed by atoms with E-state index in [0.29, 0.717) is 23.1 Å². The minimum atomic E-state index is -4.34. The van der Waals surface area contributed by atoms with Crippen molar-refractivity contribution in [3.8, 4) is 11.5 Å². The molecule has 0 bridgehead atoms. The lowest BCUT2D eigenvalue weighted by Gasteiger charge is -2.17. The SMILES string of the molecule is CC/C(=C(\CC(F)(F)F)c1ccc(O)cc1)c1ccc(O)cc1. The highest BCUT2D eigenvalue weighted by Gasteiger charge is 2.30. The summed E-state index contributed by atoms with van der Waals surface area (Å²) in [5, 5.41) is 18.7. The molecule has 122 valence electrons. The van der Waals surface area contributed by atoms with Gasteiger partial charge >= 0.3 is 6.18 Å². The molecule has 0 aliphatic heterocycles. The molecule has 2 aromatic rings. The molecule has 0 aromatic heterocycles. The number of phenolic OH excluding ortho intramolecular Hbond substituents is 2. The van der Waals surface area contributed by atoms with Gasteiger partial charge in [0.2, 0.25) is 0 Å². The maximum Gasteiger partial charge on any atom is 0.393 e. The first-order chi connectivity index (χ1) is 10.8. The summed E-state index contributed by atoms with van der Waals surface area (Å²) in [6, 6.07) is 11.8. The first-order valence-corrected chi connectivity index (χ1v) is 7.17. The number of allylic oxidation sites excluding steroid dienone is 2. The summed E-state index contributed by atoms with van der Waals surface area (Å²) in [4.78, 5) is 0. The topological polar surface area (TPSA) is 40.5 Å². The van der Waals surface area contributed by atoms with Crippen LogP contribution in [0.4, 0.5) is 13.2 Å². The summed E-state index contributed by atoms with van der Waals surface area (Å²) in [5.41, 5.74) is 1.79. The van der Waals surface area contributed by atoms with Crippen molar-refractivity contribution in [1.82, 2.24) is 0 Å². The molecule has 23 heavy (non-hydrogen) atoms. The Bertz CT molecular complexity index is 684. The van der Waals surface area contributed by atoms with Gasteiger partial charge in [-0.3, -0.25) is 0 Å². The third-order valence-electron chi connectivity index (χ3n) is 3.53. The van der Waals surface area contributed by atoms with E-state index in [1.165, 1.54) is 36.4 Å². The smallest absolute Gasteiger partial charge is 0.393 e. The Balaban J connectivity index is 2.60. The quantitative estimate of drug-likeness (QED) is 0.743. The summed E-state index contributed by atoms with van der Waals surface area (Å²) in [5.74, 6) is 0.0639. The summed E-state index contributed by atoms with van der Waals surface area (Å²) in [6.45, 7) is 1.79. The molecule has 0 spiro atoms. The van der Waals surface area contributed by atoms with E-state index in [0.717, 1.165) is 0 Å². The molecule has 2 aromatic carbocycles. The molecule has 5 heteroatoms. The number of halogens is 3. The molecule has 0 atom stereocenters. The highest BCUT2D eigenvalue weighted by molar-refractivity contribution is 5.91. The minimum absolute atomic E-state index is 0.00258. The Labute approximate surface area is 132 Å². The fourth-order valence-electron chi connectivity index (χ4n) is 2.50. The van der Waals surface area contributed by atoms with Gasteiger partial charge < -0.3 is 10.2 Å². The van der Waals surface area contributed by atoms with Gasteiger partial charge in [-0.05, 0) is 53.0 Å². The van der Waals surface area contributed by atoms with Crippen molar-refractivity contribution >= 4 is 11.1 Å². The van der Waals surface area contributed by atoms with Crippen molar-refractivity contribution in [2.45, 2.75) is 25.9 Å². The molecule has 0 saturated heterocycles. The number of aromatic hydroxyl groups is 2. The normalized spacial score (nSPS) is 12.9. The number of alkyl halides is 3. The van der Waals surface area contributed by atoms with Crippen molar-refractivity contribution in [2.75, 3.05) is 0 Å². The maximum atomic E-state index is 13.0. The molecule has 2 rings (SSSR count). The molecular weight excluding hydrogens is 305 g/mol. The summed E-state index contributed by atoms with van der Waals surface area (Å²) < 4.78 is 39.1. The zero-order valence-corrected chi connectivity index (χ0v) is 12.6. The van der Waals surface area contributed by atoms with Gasteiger partial charge in [0.15, 0.2) is 0 Å². The van der Waals surface area contributed by atoms with Crippen molar-refractivity contribution in [1.29, 1.82) is 0 Å². The minimum Gasteiger partial charge on any atom is -0.508 e. The molecule has 2 N–H and O–H groups in total. The molecule has 2 nitrogen and oxygen atoms in total. The van der Waals surface area contributed by atoms with E-state index in [1.54, 1.807) is 19.1 Å². The molecule has 0 saturated carbocycles. The molecule has 0 aliphatic rings. The fourth-order valence-corrected chi connectivity index (χ4v) is 2.50. The molecule has 0 fully saturated rings. The maximum absolute atomic E-state index is 13.0. The number of rotatable bonds is 4. The zero-order valence-electron chi connectivity index (χ0n) is 12.6. The summed E-state index contributed by atoms with van der Waals surface area (Å²) in [6.07, 6.45) is -4.98. The molecule has 0 heterocycles. The average Bonchev–Trinajstić information content (AvgIpc) is 2.48. The van der Waals surface area contributed by atoms with Crippen molar-refractivity contribution < 1.29 is 23.4 Å². The highest BCUT2D eigenvalue weighted by Crippen LogP contribution is 2.38. The lowest BCUT2D eigenvalue weighted by atomic mass is 9.90. The van der Waals surface area contributed by atoms with E-state index in [4.69, 9.17) is 0 Å². The molecule has 0 radical (unpaired) electrons. The van der Waals surface area contributed by atoms with Crippen LogP contribution in [0.15, 0.2) is 48.5 Å². The lowest BCUT2D eigenvalue weighted by molar-refractivity contribution is -0.122. The first kappa shape index (κ1) is 16.9. The summed E-state index contributed by atoms with van der Waals surface area (Å²) >= 11 is 0. The van der Waals surface area contributed by atoms with Crippen molar-refractivity contribution in [2.24, 2.45) is 0 Å². The highest BCUT2D eigenvalue weighted by atomic mass is 19.4. The van der Waals surface area contributed by atoms with Gasteiger partial charge in [0.25, 0.3) is 0 Å². The van der Waals surface area contributed by atoms with E-state index >= 15 is 0 Å². The van der Waals surface area contributed by atoms with E-state index in [9.17, 15) is 23.4 Å². The Hall–Kier alpha value is -2.43. The Morgan fingerprint density at radius 2 is 1.17 bits per heavy atom. The number of benzene rings is 2. The van der Waals surface area contributed by atoms with E-state index in [2.05, 4.69) is 0 Å². The van der Waals surface area contributed by atoms with Crippen LogP contribution in [0.1, 0.15) is 30.9 Å². The predicted molar refractivity (Wildman–Crippen MR) is 84.0 cm³/mol. The largest absolute Gasteiger partial charge is 0.508 e. The Kier molecular flexibility index (Phi) is 4.98. The predicted octanol–water partition coefficient (Wildman–Crippen LogP) is 5.37. The molecule has 0 amide bonds. The van der Waals surface area contributed by atoms with Crippen LogP contribution in [0.5, 0.6) is 11.5 Å². The standard InChI is InChI=1S/C18H17F3O2/c1-2-16(12-3-7-14(22)8-4-12)17(11-18(19,20)21)13-5-9-15(23)10-6-13/h3-10,22-23H,2,11H2,1H3/b17-16-. The second-order valence-corrected chi connectivity index (χ2v) is 5.20. The van der Waals surface area contributed by atoms with Crippen LogP contribution in [0.3, 0.4) is 0 Å². The van der Waals surface area contributed by atoms with Crippen LogP contribution in [0.2, 0.25) is 0 Å². The van der Waals surface area contributed by atoms with Gasteiger partial charge in [-0.15, -0.1) is 0 Å². The lowest BCUT2D eigenvalue weighted by Crippen LogP contribution is -2.09. The molecule has 0 aliphatic carbocycles. The first-order valence-electron chi connectivity index (χ1n) is 7.17. The Morgan fingerprint density at radius 1 is 0.783 bits per heavy atom. The van der Waals surface area contributed by atoms with Crippen LogP contribution in [0.25, 0.3) is 11.1 Å². The van der Waals surface area contributed by atoms with Gasteiger partial charge in [0.05, 0.1) is 6.42 Å². The second-order valence-electron chi connectivity index (χ2n) is 5.20. The third kappa shape index (κ3) is 4.52. The zero-order chi connectivity index (χ0) is 17.0. The van der Waals surface area contributed by atoms with Crippen LogP contribution in [-0.2, 0) is 0 Å². The van der Waals surface area contributed by atoms with E-state index in [1.807, 2.05) is 0 Å². The second kappa shape index (κ2) is 6.77. The molecule has 0 unspecified atom stereocenters. The number of hydrogen-bond acceptors (Lipinski definition) is 2.